The number of anilines is 1. The summed E-state index contributed by atoms with van der Waals surface area (Å²) in [7, 11) is 0. The first-order valence-corrected chi connectivity index (χ1v) is 9.45. The van der Waals surface area contributed by atoms with Gasteiger partial charge in [0.1, 0.15) is 5.82 Å². The first kappa shape index (κ1) is 19.9. The Bertz CT molecular complexity index is 883. The van der Waals surface area contributed by atoms with Gasteiger partial charge >= 0.3 is 6.03 Å². The Morgan fingerprint density at radius 1 is 1.04 bits per heavy atom. The third-order valence-electron chi connectivity index (χ3n) is 5.24. The minimum atomic E-state index is -0.435. The van der Waals surface area contributed by atoms with Crippen LogP contribution in [0.25, 0.3) is 0 Å². The van der Waals surface area contributed by atoms with E-state index in [-0.39, 0.29) is 23.7 Å². The van der Waals surface area contributed by atoms with Gasteiger partial charge in [-0.15, -0.1) is 0 Å². The highest BCUT2D eigenvalue weighted by Gasteiger charge is 2.45. The van der Waals surface area contributed by atoms with E-state index in [0.717, 1.165) is 35.2 Å². The smallest absolute Gasteiger partial charge is 0.315 e. The van der Waals surface area contributed by atoms with Crippen LogP contribution in [-0.4, -0.2) is 25.0 Å². The van der Waals surface area contributed by atoms with Crippen LogP contribution < -0.4 is 16.0 Å². The number of carbonyl (C=O) groups is 2. The van der Waals surface area contributed by atoms with Crippen molar-refractivity contribution in [2.75, 3.05) is 18.4 Å². The monoisotopic (exact) mass is 383 g/mol. The molecule has 1 fully saturated rings. The number of hydrogen-bond acceptors (Lipinski definition) is 2. The summed E-state index contributed by atoms with van der Waals surface area (Å²) in [6, 6.07) is 10.2. The highest BCUT2D eigenvalue weighted by molar-refractivity contribution is 5.95. The van der Waals surface area contributed by atoms with Gasteiger partial charge in [0.05, 0.1) is 6.54 Å². The van der Waals surface area contributed by atoms with E-state index in [4.69, 9.17) is 0 Å². The molecule has 1 aliphatic rings. The van der Waals surface area contributed by atoms with E-state index < -0.39 is 6.03 Å². The first-order valence-electron chi connectivity index (χ1n) is 9.45. The summed E-state index contributed by atoms with van der Waals surface area (Å²) in [4.78, 5) is 24.3. The van der Waals surface area contributed by atoms with Gasteiger partial charge < -0.3 is 16.0 Å². The molecule has 0 saturated heterocycles. The van der Waals surface area contributed by atoms with Crippen LogP contribution in [0, 0.1) is 26.6 Å². The molecule has 0 radical (unpaired) electrons. The maximum absolute atomic E-state index is 14.0. The molecule has 0 aromatic heterocycles. The van der Waals surface area contributed by atoms with Crippen molar-refractivity contribution < 1.29 is 14.0 Å². The zero-order valence-electron chi connectivity index (χ0n) is 16.5. The van der Waals surface area contributed by atoms with E-state index in [1.807, 2.05) is 32.9 Å². The van der Waals surface area contributed by atoms with Crippen molar-refractivity contribution in [2.24, 2.45) is 0 Å². The number of hydrogen-bond donors (Lipinski definition) is 3. The van der Waals surface area contributed by atoms with Crippen molar-refractivity contribution in [2.45, 2.75) is 39.0 Å². The summed E-state index contributed by atoms with van der Waals surface area (Å²) in [6.45, 7) is 6.09. The predicted octanol–water partition coefficient (Wildman–Crippen LogP) is 3.72. The highest BCUT2D eigenvalue weighted by Crippen LogP contribution is 2.48. The lowest BCUT2D eigenvalue weighted by molar-refractivity contribution is -0.115. The number of halogens is 1. The van der Waals surface area contributed by atoms with Gasteiger partial charge in [-0.25, -0.2) is 9.18 Å². The lowest BCUT2D eigenvalue weighted by Crippen LogP contribution is -2.43. The molecule has 0 bridgehead atoms. The Morgan fingerprint density at radius 3 is 2.29 bits per heavy atom. The van der Waals surface area contributed by atoms with Gasteiger partial charge in [-0.1, -0.05) is 35.9 Å². The maximum atomic E-state index is 14.0. The molecule has 3 N–H and O–H groups in total. The van der Waals surface area contributed by atoms with Crippen molar-refractivity contribution in [3.8, 4) is 0 Å². The van der Waals surface area contributed by atoms with Crippen LogP contribution in [0.2, 0.25) is 0 Å². The molecule has 3 rings (SSSR count). The molecule has 0 heterocycles. The van der Waals surface area contributed by atoms with Crippen LogP contribution in [0.3, 0.4) is 0 Å². The fourth-order valence-corrected chi connectivity index (χ4v) is 3.62. The second kappa shape index (κ2) is 8.00. The third kappa shape index (κ3) is 4.50. The molecule has 28 heavy (non-hydrogen) atoms. The van der Waals surface area contributed by atoms with Crippen molar-refractivity contribution in [1.29, 1.82) is 0 Å². The fraction of sp³-hybridized carbons (Fsp3) is 0.364. The Labute approximate surface area is 164 Å². The molecular weight excluding hydrogens is 357 g/mol. The SMILES string of the molecule is Cc1cc(C)c(NC(=O)CNC(=O)NCC2(c3ccccc3F)CC2)c(C)c1. The molecule has 3 amide bonds. The summed E-state index contributed by atoms with van der Waals surface area (Å²) in [5.41, 5.74) is 4.18. The van der Waals surface area contributed by atoms with E-state index in [9.17, 15) is 14.0 Å². The highest BCUT2D eigenvalue weighted by atomic mass is 19.1. The van der Waals surface area contributed by atoms with E-state index in [0.29, 0.717) is 12.1 Å². The largest absolute Gasteiger partial charge is 0.337 e. The van der Waals surface area contributed by atoms with Gasteiger partial charge in [-0.2, -0.15) is 0 Å². The van der Waals surface area contributed by atoms with Crippen LogP contribution in [0.4, 0.5) is 14.9 Å². The summed E-state index contributed by atoms with van der Waals surface area (Å²) in [5.74, 6) is -0.536. The lowest BCUT2D eigenvalue weighted by atomic mass is 9.95. The molecular formula is C22H26FN3O2. The zero-order chi connectivity index (χ0) is 20.3. The van der Waals surface area contributed by atoms with Crippen molar-refractivity contribution in [1.82, 2.24) is 10.6 Å². The van der Waals surface area contributed by atoms with E-state index in [2.05, 4.69) is 16.0 Å². The van der Waals surface area contributed by atoms with Gasteiger partial charge in [0.15, 0.2) is 0 Å². The van der Waals surface area contributed by atoms with Crippen molar-refractivity contribution >= 4 is 17.6 Å². The van der Waals surface area contributed by atoms with E-state index in [1.54, 1.807) is 18.2 Å². The normalized spacial score (nSPS) is 14.3. The van der Waals surface area contributed by atoms with Crippen molar-refractivity contribution in [3.63, 3.8) is 0 Å². The molecule has 6 heteroatoms. The Balaban J connectivity index is 1.49. The summed E-state index contributed by atoms with van der Waals surface area (Å²) in [6.07, 6.45) is 1.67. The number of carbonyl (C=O) groups excluding carboxylic acids is 2. The first-order chi connectivity index (χ1) is 13.3. The van der Waals surface area contributed by atoms with Crippen LogP contribution in [0.1, 0.15) is 35.1 Å². The Kier molecular flexibility index (Phi) is 5.68. The third-order valence-corrected chi connectivity index (χ3v) is 5.24. The minimum absolute atomic E-state index is 0.134. The zero-order valence-corrected chi connectivity index (χ0v) is 16.5. The summed E-state index contributed by atoms with van der Waals surface area (Å²) < 4.78 is 14.0. The molecule has 1 saturated carbocycles. The molecule has 0 unspecified atom stereocenters. The lowest BCUT2D eigenvalue weighted by Gasteiger charge is -2.18. The second-order valence-corrected chi connectivity index (χ2v) is 7.62. The van der Waals surface area contributed by atoms with E-state index >= 15 is 0 Å². The standard InChI is InChI=1S/C22H26FN3O2/c1-14-10-15(2)20(16(3)11-14)26-19(27)12-24-21(28)25-13-22(8-9-22)17-6-4-5-7-18(17)23/h4-7,10-11H,8-9,12-13H2,1-3H3,(H,26,27)(H2,24,25,28). The quantitative estimate of drug-likeness (QED) is 0.712. The number of aryl methyl sites for hydroxylation is 3. The van der Waals surface area contributed by atoms with Gasteiger partial charge in [0.25, 0.3) is 0 Å². The number of benzene rings is 2. The van der Waals surface area contributed by atoms with Gasteiger partial charge in [-0.3, -0.25) is 4.79 Å². The average Bonchev–Trinajstić information content (AvgIpc) is 3.42. The van der Waals surface area contributed by atoms with E-state index in [1.165, 1.54) is 6.07 Å². The minimum Gasteiger partial charge on any atom is -0.337 e. The molecule has 1 aliphatic carbocycles. The molecule has 0 atom stereocenters. The molecule has 0 aliphatic heterocycles. The molecule has 0 spiro atoms. The topological polar surface area (TPSA) is 70.2 Å². The molecule has 2 aromatic rings. The fourth-order valence-electron chi connectivity index (χ4n) is 3.62. The molecule has 2 aromatic carbocycles. The molecule has 148 valence electrons. The number of rotatable bonds is 6. The average molecular weight is 383 g/mol. The second-order valence-electron chi connectivity index (χ2n) is 7.62. The van der Waals surface area contributed by atoms with Gasteiger partial charge in [0, 0.05) is 17.6 Å². The number of nitrogens with one attached hydrogen (secondary N) is 3. The van der Waals surface area contributed by atoms with Crippen LogP contribution >= 0.6 is 0 Å². The Morgan fingerprint density at radius 2 is 1.68 bits per heavy atom. The summed E-state index contributed by atoms with van der Waals surface area (Å²) >= 11 is 0. The Hall–Kier alpha value is -2.89. The number of urea groups is 1. The van der Waals surface area contributed by atoms with Crippen LogP contribution in [-0.2, 0) is 10.2 Å². The van der Waals surface area contributed by atoms with Gasteiger partial charge in [0.2, 0.25) is 5.91 Å². The van der Waals surface area contributed by atoms with Crippen LogP contribution in [0.5, 0.6) is 0 Å². The van der Waals surface area contributed by atoms with Crippen LogP contribution in [0.15, 0.2) is 36.4 Å². The van der Waals surface area contributed by atoms with Crippen molar-refractivity contribution in [3.05, 3.63) is 64.5 Å². The van der Waals surface area contributed by atoms with Gasteiger partial charge in [-0.05, 0) is 56.4 Å². The molecule has 5 nitrogen and oxygen atoms in total. The number of amides is 3. The summed E-state index contributed by atoms with van der Waals surface area (Å²) in [5, 5.41) is 8.18. The predicted molar refractivity (Wildman–Crippen MR) is 108 cm³/mol. The maximum Gasteiger partial charge on any atom is 0.315 e.